The van der Waals surface area contributed by atoms with E-state index in [-0.39, 0.29) is 36.5 Å². The van der Waals surface area contributed by atoms with Gasteiger partial charge in [0.1, 0.15) is 0 Å². The minimum absolute atomic E-state index is 0. The molecule has 0 aliphatic carbocycles. The van der Waals surface area contributed by atoms with Gasteiger partial charge >= 0.3 is 5.97 Å². The van der Waals surface area contributed by atoms with Gasteiger partial charge in [0.2, 0.25) is 5.88 Å². The number of hydrogen-bond acceptors (Lipinski definition) is 9. The molecule has 2 N–H and O–H groups in total. The van der Waals surface area contributed by atoms with Crippen LogP contribution in [0.3, 0.4) is 0 Å². The van der Waals surface area contributed by atoms with Crippen LogP contribution in [-0.2, 0) is 9.47 Å². The summed E-state index contributed by atoms with van der Waals surface area (Å²) in [7, 11) is 0. The molecule has 0 spiro atoms. The quantitative estimate of drug-likeness (QED) is 0.716. The Labute approximate surface area is 175 Å². The summed E-state index contributed by atoms with van der Waals surface area (Å²) in [5.74, 6) is -0.0952. The van der Waals surface area contributed by atoms with Gasteiger partial charge in [-0.25, -0.2) is 19.8 Å². The lowest BCUT2D eigenvalue weighted by Crippen LogP contribution is -2.40. The molecular formula is C21H26N4O5. The smallest absolute Gasteiger partial charge is 0.347 e. The summed E-state index contributed by atoms with van der Waals surface area (Å²) in [5, 5.41) is 12.6. The lowest BCUT2D eigenvalue weighted by atomic mass is 10.1. The van der Waals surface area contributed by atoms with E-state index in [1.165, 1.54) is 0 Å². The molecule has 0 atom stereocenters. The Kier molecular flexibility index (Phi) is 6.53. The Morgan fingerprint density at radius 3 is 2.87 bits per heavy atom. The molecule has 2 aromatic rings. The number of hydrazine groups is 1. The number of aliphatic imine (C=N–C) groups is 1. The Hall–Kier alpha value is -3.17. The first-order valence-electron chi connectivity index (χ1n) is 9.40. The number of hydrogen-bond donors (Lipinski definition) is 2. The number of nitrogens with one attached hydrogen (secondary N) is 1. The number of fused-ring (bicyclic) bond motifs is 1. The third kappa shape index (κ3) is 4.37. The number of allylic oxidation sites excluding steroid dienone is 1. The van der Waals surface area contributed by atoms with Crippen LogP contribution in [0.1, 0.15) is 43.0 Å². The van der Waals surface area contributed by atoms with Gasteiger partial charge in [-0.3, -0.25) is 5.43 Å². The number of nitrogens with zero attached hydrogens (tertiary/aromatic N) is 3. The first-order chi connectivity index (χ1) is 14.0. The summed E-state index contributed by atoms with van der Waals surface area (Å²) in [5.41, 5.74) is 4.55. The number of morpholine rings is 1. The molecule has 0 unspecified atom stereocenters. The first kappa shape index (κ1) is 21.5. The van der Waals surface area contributed by atoms with Crippen LogP contribution in [0.5, 0.6) is 5.75 Å². The Morgan fingerprint density at radius 2 is 2.13 bits per heavy atom. The van der Waals surface area contributed by atoms with Crippen LogP contribution in [0.4, 0.5) is 11.7 Å². The van der Waals surface area contributed by atoms with Crippen LogP contribution in [0, 0.1) is 0 Å². The van der Waals surface area contributed by atoms with Crippen molar-refractivity contribution in [1.82, 2.24) is 9.99 Å². The molecule has 4 rings (SSSR count). The lowest BCUT2D eigenvalue weighted by Gasteiger charge is -2.26. The molecule has 9 heteroatoms. The largest absolute Gasteiger partial charge is 0.504 e. The average molecular weight is 414 g/mol. The maximum absolute atomic E-state index is 12.6. The monoisotopic (exact) mass is 414 g/mol. The van der Waals surface area contributed by atoms with Crippen molar-refractivity contribution in [3.05, 3.63) is 35.2 Å². The lowest BCUT2D eigenvalue weighted by molar-refractivity contribution is 0.0371. The van der Waals surface area contributed by atoms with E-state index in [0.717, 1.165) is 11.1 Å². The van der Waals surface area contributed by atoms with Gasteiger partial charge in [-0.05, 0) is 32.1 Å². The van der Waals surface area contributed by atoms with Crippen molar-refractivity contribution in [1.29, 1.82) is 0 Å². The number of aromatic nitrogens is 1. The summed E-state index contributed by atoms with van der Waals surface area (Å²) in [6, 6.07) is 3.68. The van der Waals surface area contributed by atoms with E-state index in [9.17, 15) is 9.90 Å². The minimum atomic E-state index is -0.663. The third-order valence-electron chi connectivity index (χ3n) is 4.44. The van der Waals surface area contributed by atoms with Gasteiger partial charge in [0.15, 0.2) is 22.9 Å². The summed E-state index contributed by atoms with van der Waals surface area (Å²) < 4.78 is 16.4. The van der Waals surface area contributed by atoms with E-state index < -0.39 is 5.97 Å². The highest BCUT2D eigenvalue weighted by atomic mass is 16.5. The van der Waals surface area contributed by atoms with Crippen molar-refractivity contribution in [3.8, 4) is 5.75 Å². The standard InChI is InChI=1S/C20H22N4O5.CH4/c1-12(2)28-20(26)16-17(25)15(29-19(16)23-24-6-8-27-9-7-24)10-13-11-22-18-14(13)4-3-5-21-18;/h3-5,10-12,23,25H,6-9H2,1-2H3;1H4. The second kappa shape index (κ2) is 9.10. The van der Waals surface area contributed by atoms with Gasteiger partial charge < -0.3 is 19.0 Å². The number of ether oxygens (including phenoxy) is 2. The Bertz CT molecular complexity index is 974. The molecule has 0 saturated carbocycles. The Balaban J connectivity index is 0.00000256. The maximum Gasteiger partial charge on any atom is 0.347 e. The molecule has 1 fully saturated rings. The van der Waals surface area contributed by atoms with Crippen molar-refractivity contribution in [2.24, 2.45) is 4.99 Å². The molecule has 30 heavy (non-hydrogen) atoms. The van der Waals surface area contributed by atoms with Crippen molar-refractivity contribution >= 4 is 35.5 Å². The summed E-state index contributed by atoms with van der Waals surface area (Å²) in [6.45, 7) is 5.83. The van der Waals surface area contributed by atoms with Gasteiger partial charge in [-0.1, -0.05) is 7.43 Å². The van der Waals surface area contributed by atoms with Gasteiger partial charge in [0, 0.05) is 36.6 Å². The van der Waals surface area contributed by atoms with Crippen LogP contribution in [-0.4, -0.2) is 59.7 Å². The fourth-order valence-corrected chi connectivity index (χ4v) is 3.08. The number of carbonyl (C=O) groups excluding carboxylic acids is 1. The zero-order chi connectivity index (χ0) is 20.4. The van der Waals surface area contributed by atoms with Crippen LogP contribution < -0.4 is 5.43 Å². The molecule has 160 valence electrons. The van der Waals surface area contributed by atoms with Gasteiger partial charge in [-0.2, -0.15) is 0 Å². The van der Waals surface area contributed by atoms with Gasteiger partial charge in [0.25, 0.3) is 0 Å². The highest BCUT2D eigenvalue weighted by Crippen LogP contribution is 2.38. The van der Waals surface area contributed by atoms with Crippen LogP contribution in [0.2, 0.25) is 0 Å². The molecule has 4 heterocycles. The summed E-state index contributed by atoms with van der Waals surface area (Å²) >= 11 is 0. The fourth-order valence-electron chi connectivity index (χ4n) is 3.08. The molecule has 0 aromatic carbocycles. The zero-order valence-corrected chi connectivity index (χ0v) is 16.2. The highest BCUT2D eigenvalue weighted by Gasteiger charge is 2.29. The predicted octanol–water partition coefficient (Wildman–Crippen LogP) is 3.50. The van der Waals surface area contributed by atoms with Crippen molar-refractivity contribution in [2.45, 2.75) is 27.4 Å². The van der Waals surface area contributed by atoms with Crippen LogP contribution in [0.15, 0.2) is 27.7 Å². The fraction of sp³-hybridized carbons (Fsp3) is 0.381. The molecule has 0 bridgehead atoms. The van der Waals surface area contributed by atoms with E-state index >= 15 is 0 Å². The van der Waals surface area contributed by atoms with Crippen LogP contribution >= 0.6 is 0 Å². The van der Waals surface area contributed by atoms with E-state index in [1.54, 1.807) is 38.4 Å². The molecule has 2 aliphatic heterocycles. The van der Waals surface area contributed by atoms with Crippen molar-refractivity contribution in [3.63, 3.8) is 0 Å². The van der Waals surface area contributed by atoms with Gasteiger partial charge in [0.05, 0.1) is 19.3 Å². The highest BCUT2D eigenvalue weighted by molar-refractivity contribution is 6.21. The van der Waals surface area contributed by atoms with Gasteiger partial charge in [-0.15, -0.1) is 0 Å². The number of anilines is 1. The first-order valence-corrected chi connectivity index (χ1v) is 9.40. The number of esters is 1. The molecule has 9 nitrogen and oxygen atoms in total. The topological polar surface area (TPSA) is 109 Å². The number of carbonyl (C=O) groups is 1. The number of pyridine rings is 1. The molecule has 1 saturated heterocycles. The Morgan fingerprint density at radius 1 is 1.37 bits per heavy atom. The van der Waals surface area contributed by atoms with E-state index in [2.05, 4.69) is 15.4 Å². The third-order valence-corrected chi connectivity index (χ3v) is 4.44. The summed E-state index contributed by atoms with van der Waals surface area (Å²) in [6.07, 6.45) is 4.59. The zero-order valence-electron chi connectivity index (χ0n) is 16.2. The number of furan rings is 1. The average Bonchev–Trinajstić information content (AvgIpc) is 3.24. The van der Waals surface area contributed by atoms with Crippen molar-refractivity contribution in [2.75, 3.05) is 31.7 Å². The predicted molar refractivity (Wildman–Crippen MR) is 114 cm³/mol. The summed E-state index contributed by atoms with van der Waals surface area (Å²) in [4.78, 5) is 21.0. The number of aromatic hydroxyl groups is 1. The maximum atomic E-state index is 12.6. The molecular weight excluding hydrogens is 388 g/mol. The molecule has 0 radical (unpaired) electrons. The second-order valence-electron chi connectivity index (χ2n) is 6.92. The van der Waals surface area contributed by atoms with E-state index in [0.29, 0.717) is 32.1 Å². The molecule has 0 amide bonds. The van der Waals surface area contributed by atoms with Crippen molar-refractivity contribution < 1.29 is 23.8 Å². The molecule has 2 aliphatic rings. The number of rotatable bonds is 5. The van der Waals surface area contributed by atoms with E-state index in [1.807, 2.05) is 11.1 Å². The second-order valence-corrected chi connectivity index (χ2v) is 6.92. The molecule has 2 aromatic heterocycles. The SMILES string of the molecule is C.CC(C)OC(=O)c1c(NN2CCOCC2)oc(C=C2C=Nc3ncccc32)c1O. The minimum Gasteiger partial charge on any atom is -0.504 e. The van der Waals surface area contributed by atoms with Crippen LogP contribution in [0.25, 0.3) is 11.6 Å². The normalized spacial score (nSPS) is 17.1. The van der Waals surface area contributed by atoms with E-state index in [4.69, 9.17) is 13.9 Å².